The second-order valence-electron chi connectivity index (χ2n) is 3.34. The van der Waals surface area contributed by atoms with E-state index in [1.54, 1.807) is 0 Å². The summed E-state index contributed by atoms with van der Waals surface area (Å²) in [5.41, 5.74) is 8.23. The van der Waals surface area contributed by atoms with Crippen molar-refractivity contribution in [1.82, 2.24) is 4.98 Å². The molecule has 0 spiro atoms. The molecule has 3 nitrogen and oxygen atoms in total. The normalized spacial score (nSPS) is 19.1. The Morgan fingerprint density at radius 3 is 3.14 bits per heavy atom. The molecule has 1 atom stereocenters. The number of aryl methyl sites for hydroxylation is 1. The minimum atomic E-state index is 0. The van der Waals surface area contributed by atoms with Crippen LogP contribution in [0.3, 0.4) is 0 Å². The predicted octanol–water partition coefficient (Wildman–Crippen LogP) is 1.85. The van der Waals surface area contributed by atoms with Crippen LogP contribution in [0.2, 0.25) is 0 Å². The van der Waals surface area contributed by atoms with Crippen molar-refractivity contribution in [3.05, 3.63) is 23.4 Å². The first-order valence-electron chi connectivity index (χ1n) is 4.68. The minimum Gasteiger partial charge on any atom is -0.477 e. The lowest BCUT2D eigenvalue weighted by Gasteiger charge is -2.22. The van der Waals surface area contributed by atoms with Gasteiger partial charge in [-0.25, -0.2) is 4.98 Å². The minimum absolute atomic E-state index is 0. The maximum absolute atomic E-state index is 5.95. The van der Waals surface area contributed by atoms with E-state index in [0.717, 1.165) is 24.3 Å². The SMILES string of the molecule is CCc1cnc2c(c1)C(N)CCO2.Cl. The van der Waals surface area contributed by atoms with E-state index >= 15 is 0 Å². The zero-order valence-corrected chi connectivity index (χ0v) is 9.01. The molecule has 1 unspecified atom stereocenters. The lowest BCUT2D eigenvalue weighted by molar-refractivity contribution is 0.257. The van der Waals surface area contributed by atoms with Crippen molar-refractivity contribution in [2.45, 2.75) is 25.8 Å². The fourth-order valence-corrected chi connectivity index (χ4v) is 1.53. The van der Waals surface area contributed by atoms with Gasteiger partial charge in [0.25, 0.3) is 0 Å². The third-order valence-electron chi connectivity index (χ3n) is 2.41. The molecule has 0 aliphatic carbocycles. The van der Waals surface area contributed by atoms with Gasteiger partial charge in [-0.05, 0) is 18.1 Å². The summed E-state index contributed by atoms with van der Waals surface area (Å²) < 4.78 is 5.40. The molecule has 1 aromatic rings. The van der Waals surface area contributed by atoms with E-state index in [4.69, 9.17) is 10.5 Å². The molecule has 2 heterocycles. The summed E-state index contributed by atoms with van der Waals surface area (Å²) in [6.45, 7) is 2.80. The van der Waals surface area contributed by atoms with E-state index in [0.29, 0.717) is 6.61 Å². The maximum atomic E-state index is 5.95. The number of rotatable bonds is 1. The standard InChI is InChI=1S/C10H14N2O.ClH/c1-2-7-5-8-9(11)3-4-13-10(8)12-6-7;/h5-6,9H,2-4,11H2,1H3;1H. The van der Waals surface area contributed by atoms with Crippen molar-refractivity contribution in [3.8, 4) is 5.88 Å². The maximum Gasteiger partial charge on any atom is 0.218 e. The van der Waals surface area contributed by atoms with Gasteiger partial charge in [-0.2, -0.15) is 0 Å². The molecule has 4 heteroatoms. The molecule has 0 saturated carbocycles. The molecule has 0 fully saturated rings. The fraction of sp³-hybridized carbons (Fsp3) is 0.500. The zero-order valence-electron chi connectivity index (χ0n) is 8.19. The molecule has 0 saturated heterocycles. The van der Waals surface area contributed by atoms with E-state index in [1.165, 1.54) is 5.56 Å². The van der Waals surface area contributed by atoms with Crippen molar-refractivity contribution in [2.75, 3.05) is 6.61 Å². The van der Waals surface area contributed by atoms with Crippen molar-refractivity contribution in [3.63, 3.8) is 0 Å². The molecule has 0 amide bonds. The highest BCUT2D eigenvalue weighted by Crippen LogP contribution is 2.28. The number of halogens is 1. The summed E-state index contributed by atoms with van der Waals surface area (Å²) >= 11 is 0. The average molecular weight is 215 g/mol. The lowest BCUT2D eigenvalue weighted by atomic mass is 10.0. The monoisotopic (exact) mass is 214 g/mol. The van der Waals surface area contributed by atoms with Gasteiger partial charge in [0.05, 0.1) is 6.61 Å². The van der Waals surface area contributed by atoms with Gasteiger partial charge in [-0.15, -0.1) is 12.4 Å². The van der Waals surface area contributed by atoms with Crippen LogP contribution in [0.25, 0.3) is 0 Å². The highest BCUT2D eigenvalue weighted by atomic mass is 35.5. The molecule has 0 bridgehead atoms. The Morgan fingerprint density at radius 2 is 2.43 bits per heavy atom. The van der Waals surface area contributed by atoms with Crippen LogP contribution in [0, 0.1) is 0 Å². The molecule has 1 aromatic heterocycles. The number of pyridine rings is 1. The van der Waals surface area contributed by atoms with Crippen LogP contribution in [0.4, 0.5) is 0 Å². The van der Waals surface area contributed by atoms with Gasteiger partial charge in [0.2, 0.25) is 5.88 Å². The number of nitrogens with two attached hydrogens (primary N) is 1. The molecule has 1 aliphatic rings. The van der Waals surface area contributed by atoms with Gasteiger partial charge in [0, 0.05) is 24.2 Å². The highest BCUT2D eigenvalue weighted by Gasteiger charge is 2.18. The van der Waals surface area contributed by atoms with Crippen molar-refractivity contribution in [1.29, 1.82) is 0 Å². The summed E-state index contributed by atoms with van der Waals surface area (Å²) in [6, 6.07) is 2.20. The van der Waals surface area contributed by atoms with Crippen molar-refractivity contribution in [2.24, 2.45) is 5.73 Å². The average Bonchev–Trinajstić information content (AvgIpc) is 2.18. The van der Waals surface area contributed by atoms with E-state index in [2.05, 4.69) is 18.0 Å². The van der Waals surface area contributed by atoms with E-state index in [1.807, 2.05) is 6.20 Å². The Labute approximate surface area is 90.1 Å². The van der Waals surface area contributed by atoms with E-state index in [9.17, 15) is 0 Å². The van der Waals surface area contributed by atoms with Gasteiger partial charge < -0.3 is 10.5 Å². The quantitative estimate of drug-likeness (QED) is 0.776. The van der Waals surface area contributed by atoms with Crippen LogP contribution in [-0.4, -0.2) is 11.6 Å². The van der Waals surface area contributed by atoms with Crippen LogP contribution in [0.15, 0.2) is 12.3 Å². The van der Waals surface area contributed by atoms with E-state index in [-0.39, 0.29) is 18.4 Å². The first-order chi connectivity index (χ1) is 6.31. The number of hydrogen-bond donors (Lipinski definition) is 1. The summed E-state index contributed by atoms with van der Waals surface area (Å²) in [4.78, 5) is 4.24. The van der Waals surface area contributed by atoms with Crippen LogP contribution in [-0.2, 0) is 6.42 Å². The fourth-order valence-electron chi connectivity index (χ4n) is 1.53. The molecule has 0 radical (unpaired) electrons. The summed E-state index contributed by atoms with van der Waals surface area (Å²) in [5.74, 6) is 0.718. The second kappa shape index (κ2) is 4.62. The summed E-state index contributed by atoms with van der Waals surface area (Å²) in [7, 11) is 0. The number of nitrogens with zero attached hydrogens (tertiary/aromatic N) is 1. The Hall–Kier alpha value is -0.800. The second-order valence-corrected chi connectivity index (χ2v) is 3.34. The molecule has 2 rings (SSSR count). The van der Waals surface area contributed by atoms with Crippen molar-refractivity contribution >= 4 is 12.4 Å². The first-order valence-corrected chi connectivity index (χ1v) is 4.68. The Balaban J connectivity index is 0.000000980. The van der Waals surface area contributed by atoms with Gasteiger partial charge in [-0.3, -0.25) is 0 Å². The molecule has 14 heavy (non-hydrogen) atoms. The van der Waals surface area contributed by atoms with E-state index < -0.39 is 0 Å². The Morgan fingerprint density at radius 1 is 1.64 bits per heavy atom. The van der Waals surface area contributed by atoms with Gasteiger partial charge >= 0.3 is 0 Å². The Bertz CT molecular complexity index is 317. The zero-order chi connectivity index (χ0) is 9.26. The third-order valence-corrected chi connectivity index (χ3v) is 2.41. The predicted molar refractivity (Wildman–Crippen MR) is 57.9 cm³/mol. The molecule has 78 valence electrons. The lowest BCUT2D eigenvalue weighted by Crippen LogP contribution is -2.21. The van der Waals surface area contributed by atoms with Crippen LogP contribution < -0.4 is 10.5 Å². The molecular formula is C10H15ClN2O. The number of fused-ring (bicyclic) bond motifs is 1. The molecule has 2 N–H and O–H groups in total. The van der Waals surface area contributed by atoms with Gasteiger partial charge in [-0.1, -0.05) is 6.92 Å². The van der Waals surface area contributed by atoms with Crippen LogP contribution in [0.1, 0.15) is 30.5 Å². The summed E-state index contributed by atoms with van der Waals surface area (Å²) in [6.07, 6.45) is 3.74. The Kier molecular flexibility index (Phi) is 3.72. The number of hydrogen-bond acceptors (Lipinski definition) is 3. The van der Waals surface area contributed by atoms with Crippen molar-refractivity contribution < 1.29 is 4.74 Å². The topological polar surface area (TPSA) is 48.1 Å². The molecule has 0 aromatic carbocycles. The highest BCUT2D eigenvalue weighted by molar-refractivity contribution is 5.85. The number of ether oxygens (including phenoxy) is 1. The summed E-state index contributed by atoms with van der Waals surface area (Å²) in [5, 5.41) is 0. The van der Waals surface area contributed by atoms with Crippen LogP contribution >= 0.6 is 12.4 Å². The van der Waals surface area contributed by atoms with Crippen LogP contribution in [0.5, 0.6) is 5.88 Å². The smallest absolute Gasteiger partial charge is 0.218 e. The van der Waals surface area contributed by atoms with Gasteiger partial charge in [0.1, 0.15) is 0 Å². The molecule has 1 aliphatic heterocycles. The first kappa shape index (κ1) is 11.3. The number of aromatic nitrogens is 1. The molecular weight excluding hydrogens is 200 g/mol. The largest absolute Gasteiger partial charge is 0.477 e. The van der Waals surface area contributed by atoms with Gasteiger partial charge in [0.15, 0.2) is 0 Å². The third kappa shape index (κ3) is 1.99.